The van der Waals surface area contributed by atoms with Crippen molar-refractivity contribution in [3.63, 3.8) is 0 Å². The highest BCUT2D eigenvalue weighted by Gasteiger charge is 2.67. The van der Waals surface area contributed by atoms with Crippen LogP contribution in [0.1, 0.15) is 12.8 Å². The molecule has 166 valence electrons. The molecule has 0 radical (unpaired) electrons. The molecule has 2 N–H and O–H groups in total. The lowest BCUT2D eigenvalue weighted by molar-refractivity contribution is -0.327. The van der Waals surface area contributed by atoms with Crippen LogP contribution in [0.3, 0.4) is 0 Å². The van der Waals surface area contributed by atoms with Gasteiger partial charge >= 0.3 is 35.5 Å². The summed E-state index contributed by atoms with van der Waals surface area (Å²) in [5.74, 6) is -5.14. The standard InChI is InChI=1S/C8H8F8O10P2/c9-5(10,7(13,14)27(19,20)21)25-3(17)1-2-4(18)26-6(11,12)8(15,16)28(22,23)24/h1-2H2,(H2,19,20,21)(H2,22,23,24)/p-2. The van der Waals surface area contributed by atoms with Gasteiger partial charge < -0.3 is 38.2 Å². The summed E-state index contributed by atoms with van der Waals surface area (Å²) in [5, 5.41) is 0. The van der Waals surface area contributed by atoms with Crippen LogP contribution in [0.25, 0.3) is 0 Å². The zero-order valence-corrected chi connectivity index (χ0v) is 14.3. The van der Waals surface area contributed by atoms with Crippen molar-refractivity contribution >= 4 is 27.1 Å². The molecule has 20 heteroatoms. The third kappa shape index (κ3) is 5.61. The molecule has 0 amide bonds. The summed E-state index contributed by atoms with van der Waals surface area (Å²) >= 11 is 0. The van der Waals surface area contributed by atoms with Crippen molar-refractivity contribution in [2.24, 2.45) is 0 Å². The number of carbonyl (C=O) groups excluding carboxylic acids is 2. The Morgan fingerprint density at radius 3 is 1.11 bits per heavy atom. The Kier molecular flexibility index (Phi) is 7.47. The first-order valence-electron chi connectivity index (χ1n) is 6.02. The van der Waals surface area contributed by atoms with Crippen molar-refractivity contribution in [1.82, 2.24) is 0 Å². The molecule has 2 unspecified atom stereocenters. The maximum Gasteiger partial charge on any atom is 0.475 e. The zero-order chi connectivity index (χ0) is 23.0. The summed E-state index contributed by atoms with van der Waals surface area (Å²) in [6.07, 6.45) is -16.1. The van der Waals surface area contributed by atoms with Gasteiger partial charge in [0.15, 0.2) is 0 Å². The van der Waals surface area contributed by atoms with Gasteiger partial charge in [0.1, 0.15) is 0 Å². The first kappa shape index (κ1) is 26.7. The van der Waals surface area contributed by atoms with Crippen molar-refractivity contribution in [2.75, 3.05) is 0 Å². The van der Waals surface area contributed by atoms with Crippen molar-refractivity contribution < 1.29 is 82.9 Å². The fraction of sp³-hybridized carbons (Fsp3) is 0.750. The SMILES string of the molecule is O=C(CCC(=O)OC(F)(F)C(F)(F)P(=O)([O-])O)OC(F)(F)C(F)(F)P(=O)([O-])O. The van der Waals surface area contributed by atoms with E-state index in [0.717, 1.165) is 0 Å². The summed E-state index contributed by atoms with van der Waals surface area (Å²) < 4.78 is 128. The maximum atomic E-state index is 12.9. The van der Waals surface area contributed by atoms with Gasteiger partial charge in [-0.05, 0) is 0 Å². The molecule has 0 aliphatic heterocycles. The van der Waals surface area contributed by atoms with Crippen molar-refractivity contribution in [2.45, 2.75) is 36.4 Å². The second-order valence-corrected chi connectivity index (χ2v) is 7.81. The van der Waals surface area contributed by atoms with E-state index in [1.807, 2.05) is 0 Å². The summed E-state index contributed by atoms with van der Waals surface area (Å²) in [7, 11) is -14.2. The van der Waals surface area contributed by atoms with E-state index in [9.17, 15) is 63.6 Å². The lowest BCUT2D eigenvalue weighted by atomic mass is 10.3. The molecular formula is C8H6F8O10P2-2. The Hall–Kier alpha value is -1.32. The number of hydrogen-bond donors (Lipinski definition) is 2. The number of rotatable bonds is 9. The Morgan fingerprint density at radius 2 is 0.929 bits per heavy atom. The van der Waals surface area contributed by atoms with Gasteiger partial charge in [0.05, 0.1) is 12.8 Å². The van der Waals surface area contributed by atoms with E-state index in [4.69, 9.17) is 9.79 Å². The lowest BCUT2D eigenvalue weighted by Crippen LogP contribution is -2.47. The average molecular weight is 476 g/mol. The predicted octanol–water partition coefficient (Wildman–Crippen LogP) is 0.316. The average Bonchev–Trinajstić information content (AvgIpc) is 2.41. The molecule has 0 bridgehead atoms. The lowest BCUT2D eigenvalue weighted by Gasteiger charge is -2.32. The van der Waals surface area contributed by atoms with Crippen LogP contribution in [0, 0.1) is 0 Å². The molecule has 0 heterocycles. The van der Waals surface area contributed by atoms with Gasteiger partial charge in [-0.2, -0.15) is 35.1 Å². The molecule has 0 saturated heterocycles. The highest BCUT2D eigenvalue weighted by Crippen LogP contribution is 2.58. The van der Waals surface area contributed by atoms with Crippen LogP contribution < -0.4 is 9.79 Å². The van der Waals surface area contributed by atoms with Gasteiger partial charge in [0.25, 0.3) is 0 Å². The van der Waals surface area contributed by atoms with E-state index in [1.54, 1.807) is 0 Å². The predicted molar refractivity (Wildman–Crippen MR) is 60.9 cm³/mol. The van der Waals surface area contributed by atoms with E-state index in [1.165, 1.54) is 0 Å². The molecule has 0 saturated carbocycles. The minimum Gasteiger partial charge on any atom is -0.774 e. The van der Waals surface area contributed by atoms with Crippen LogP contribution >= 0.6 is 15.2 Å². The quantitative estimate of drug-likeness (QED) is 0.268. The van der Waals surface area contributed by atoms with E-state index in [-0.39, 0.29) is 0 Å². The van der Waals surface area contributed by atoms with Crippen LogP contribution in [-0.4, -0.2) is 45.3 Å². The number of esters is 2. The van der Waals surface area contributed by atoms with Crippen LogP contribution in [0.2, 0.25) is 0 Å². The van der Waals surface area contributed by atoms with E-state index >= 15 is 0 Å². The van der Waals surface area contributed by atoms with Gasteiger partial charge in [-0.25, -0.2) is 0 Å². The van der Waals surface area contributed by atoms with Crippen molar-refractivity contribution in [3.05, 3.63) is 0 Å². The molecule has 0 fully saturated rings. The third-order valence-electron chi connectivity index (χ3n) is 2.43. The zero-order valence-electron chi connectivity index (χ0n) is 12.5. The number of hydrogen-bond acceptors (Lipinski definition) is 8. The molecule has 0 aromatic rings. The number of halogens is 8. The van der Waals surface area contributed by atoms with Crippen LogP contribution in [0.4, 0.5) is 35.1 Å². The normalized spacial score (nSPS) is 18.0. The van der Waals surface area contributed by atoms with Crippen LogP contribution in [0.5, 0.6) is 0 Å². The first-order valence-corrected chi connectivity index (χ1v) is 9.18. The molecule has 0 aromatic carbocycles. The smallest absolute Gasteiger partial charge is 0.475 e. The van der Waals surface area contributed by atoms with Gasteiger partial charge in [-0.15, -0.1) is 0 Å². The Balaban J connectivity index is 5.01. The van der Waals surface area contributed by atoms with Crippen LogP contribution in [-0.2, 0) is 28.2 Å². The summed E-state index contributed by atoms with van der Waals surface area (Å²) in [4.78, 5) is 58.0. The Morgan fingerprint density at radius 1 is 0.714 bits per heavy atom. The Bertz CT molecular complexity index is 652. The fourth-order valence-electron chi connectivity index (χ4n) is 1.04. The van der Waals surface area contributed by atoms with Gasteiger partial charge in [0, 0.05) is 0 Å². The number of alkyl halides is 8. The van der Waals surface area contributed by atoms with Gasteiger partial charge in [0.2, 0.25) is 15.2 Å². The fourth-order valence-corrected chi connectivity index (χ4v) is 1.79. The molecule has 0 aliphatic carbocycles. The molecule has 0 spiro atoms. The molecule has 0 aromatic heterocycles. The highest BCUT2D eigenvalue weighted by molar-refractivity contribution is 7.52. The number of carbonyl (C=O) groups is 2. The molecule has 0 aliphatic rings. The number of ether oxygens (including phenoxy) is 2. The first-order chi connectivity index (χ1) is 12.0. The Labute approximate surface area is 147 Å². The summed E-state index contributed by atoms with van der Waals surface area (Å²) in [6, 6.07) is 0. The minimum atomic E-state index is -7.11. The van der Waals surface area contributed by atoms with Gasteiger partial charge in [-0.1, -0.05) is 0 Å². The van der Waals surface area contributed by atoms with Gasteiger partial charge in [-0.3, -0.25) is 9.59 Å². The molecular weight excluding hydrogens is 470 g/mol. The van der Waals surface area contributed by atoms with E-state index < -0.39 is 63.5 Å². The second-order valence-electron chi connectivity index (χ2n) is 4.61. The van der Waals surface area contributed by atoms with E-state index in [2.05, 4.69) is 9.47 Å². The molecule has 28 heavy (non-hydrogen) atoms. The van der Waals surface area contributed by atoms with Crippen molar-refractivity contribution in [3.8, 4) is 0 Å². The highest BCUT2D eigenvalue weighted by atomic mass is 31.2. The second kappa shape index (κ2) is 7.84. The largest absolute Gasteiger partial charge is 0.774 e. The molecule has 2 atom stereocenters. The molecule has 0 rings (SSSR count). The third-order valence-corrected chi connectivity index (χ3v) is 4.37. The monoisotopic (exact) mass is 476 g/mol. The topological polar surface area (TPSA) is 173 Å². The summed E-state index contributed by atoms with van der Waals surface area (Å²) in [5.41, 5.74) is -12.7. The molecule has 10 nitrogen and oxygen atoms in total. The van der Waals surface area contributed by atoms with Crippen LogP contribution in [0.15, 0.2) is 0 Å². The minimum absolute atomic E-state index is 1.85. The maximum absolute atomic E-state index is 12.9. The summed E-state index contributed by atoms with van der Waals surface area (Å²) in [6.45, 7) is 0. The van der Waals surface area contributed by atoms with E-state index in [0.29, 0.717) is 0 Å². The van der Waals surface area contributed by atoms with Crippen molar-refractivity contribution in [1.29, 1.82) is 0 Å².